The highest BCUT2D eigenvalue weighted by Gasteiger charge is 2.24. The first-order valence-electron chi connectivity index (χ1n) is 24.7. The number of ether oxygens (including phenoxy) is 1. The average molecular weight is 802 g/mol. The van der Waals surface area contributed by atoms with Gasteiger partial charge in [-0.3, -0.25) is 9.59 Å². The van der Waals surface area contributed by atoms with Crippen molar-refractivity contribution in [3.8, 4) is 0 Å². The number of nitrogens with one attached hydrogen (secondary N) is 1. The molecular weight excluding hydrogens is 707 g/mol. The molecule has 0 aromatic carbocycles. The van der Waals surface area contributed by atoms with Gasteiger partial charge in [0.2, 0.25) is 5.91 Å². The van der Waals surface area contributed by atoms with Crippen LogP contribution in [0.15, 0.2) is 36.5 Å². The fraction of sp³-hybridized carbons (Fsp3) is 0.843. The molecule has 3 atom stereocenters. The molecule has 0 spiro atoms. The van der Waals surface area contributed by atoms with Gasteiger partial charge in [-0.25, -0.2) is 0 Å². The Bertz CT molecular complexity index is 946. The number of allylic oxidation sites excluding steroid dienone is 6. The molecule has 0 bridgehead atoms. The molecular formula is C51H95NO5. The van der Waals surface area contributed by atoms with Crippen molar-refractivity contribution in [3.05, 3.63) is 36.5 Å². The van der Waals surface area contributed by atoms with Crippen LogP contribution in [-0.4, -0.2) is 46.9 Å². The second-order valence-electron chi connectivity index (χ2n) is 16.9. The summed E-state index contributed by atoms with van der Waals surface area (Å²) in [6, 6.07) is -0.711. The molecule has 0 radical (unpaired) electrons. The molecule has 0 heterocycles. The molecule has 1 amide bonds. The Balaban J connectivity index is 4.67. The van der Waals surface area contributed by atoms with Gasteiger partial charge in [-0.05, 0) is 70.6 Å². The normalized spacial score (nSPS) is 13.6. The van der Waals surface area contributed by atoms with E-state index in [1.165, 1.54) is 141 Å². The smallest absolute Gasteiger partial charge is 0.306 e. The van der Waals surface area contributed by atoms with Crippen molar-refractivity contribution < 1.29 is 24.5 Å². The van der Waals surface area contributed by atoms with Crippen LogP contribution in [0.1, 0.15) is 252 Å². The lowest BCUT2D eigenvalue weighted by molar-refractivity contribution is -0.150. The summed E-state index contributed by atoms with van der Waals surface area (Å²) in [6.45, 7) is 6.44. The van der Waals surface area contributed by atoms with Crippen LogP contribution in [0.2, 0.25) is 0 Å². The van der Waals surface area contributed by atoms with Crippen LogP contribution in [0.25, 0.3) is 0 Å². The number of aliphatic hydroxyl groups excluding tert-OH is 2. The highest BCUT2D eigenvalue weighted by Crippen LogP contribution is 2.17. The number of rotatable bonds is 44. The van der Waals surface area contributed by atoms with Gasteiger partial charge in [-0.15, -0.1) is 0 Å². The van der Waals surface area contributed by atoms with Crippen LogP contribution in [0.3, 0.4) is 0 Å². The molecule has 0 saturated carbocycles. The van der Waals surface area contributed by atoms with Crippen LogP contribution in [-0.2, 0) is 14.3 Å². The quantitative estimate of drug-likeness (QED) is 0.0324. The SMILES string of the molecule is CCCCCCCC/C=C\C/C=C/CCC(=O)OC(CCCCCCC/C=C/CCCCCCCC)CC(=O)NC(CO)C(O)CCCCCCCCCCCC. The highest BCUT2D eigenvalue weighted by molar-refractivity contribution is 5.77. The first-order valence-corrected chi connectivity index (χ1v) is 24.7. The van der Waals surface area contributed by atoms with Gasteiger partial charge < -0.3 is 20.3 Å². The Morgan fingerprint density at radius 2 is 0.895 bits per heavy atom. The van der Waals surface area contributed by atoms with Gasteiger partial charge in [-0.1, -0.05) is 205 Å². The molecule has 6 nitrogen and oxygen atoms in total. The minimum absolute atomic E-state index is 0.0514. The van der Waals surface area contributed by atoms with Gasteiger partial charge in [0.1, 0.15) is 6.10 Å². The molecule has 3 N–H and O–H groups in total. The minimum atomic E-state index is -0.795. The molecule has 0 aliphatic carbocycles. The summed E-state index contributed by atoms with van der Waals surface area (Å²) in [6.07, 6.45) is 52.1. The number of carbonyl (C=O) groups excluding carboxylic acids is 2. The van der Waals surface area contributed by atoms with Gasteiger partial charge in [0.05, 0.1) is 25.2 Å². The van der Waals surface area contributed by atoms with Gasteiger partial charge in [0.25, 0.3) is 0 Å². The molecule has 334 valence electrons. The zero-order valence-corrected chi connectivity index (χ0v) is 38.0. The molecule has 57 heavy (non-hydrogen) atoms. The van der Waals surface area contributed by atoms with Crippen LogP contribution < -0.4 is 5.32 Å². The summed E-state index contributed by atoms with van der Waals surface area (Å²) in [5, 5.41) is 23.6. The molecule has 0 aromatic rings. The molecule has 0 fully saturated rings. The topological polar surface area (TPSA) is 95.9 Å². The van der Waals surface area contributed by atoms with E-state index < -0.39 is 18.2 Å². The lowest BCUT2D eigenvalue weighted by atomic mass is 10.0. The van der Waals surface area contributed by atoms with E-state index in [1.54, 1.807) is 0 Å². The van der Waals surface area contributed by atoms with Gasteiger partial charge in [-0.2, -0.15) is 0 Å². The number of amides is 1. The summed E-state index contributed by atoms with van der Waals surface area (Å²) < 4.78 is 5.88. The Hall–Kier alpha value is -1.92. The molecule has 0 saturated heterocycles. The predicted octanol–water partition coefficient (Wildman–Crippen LogP) is 14.5. The van der Waals surface area contributed by atoms with E-state index >= 15 is 0 Å². The molecule has 0 aromatic heterocycles. The summed E-state index contributed by atoms with van der Waals surface area (Å²) in [7, 11) is 0. The Kier molecular flexibility index (Phi) is 43.6. The van der Waals surface area contributed by atoms with E-state index in [9.17, 15) is 19.8 Å². The van der Waals surface area contributed by atoms with Crippen molar-refractivity contribution >= 4 is 11.9 Å². The molecule has 6 heteroatoms. The fourth-order valence-electron chi connectivity index (χ4n) is 7.42. The second kappa shape index (κ2) is 45.2. The molecule has 0 aliphatic heterocycles. The standard InChI is InChI=1S/C51H95NO5/c1-4-7-10-13-16-19-22-24-25-27-28-30-33-36-39-42-47(57-51(56)44-41-38-35-32-29-26-23-20-17-14-11-8-5-2)45-50(55)52-48(46-53)49(54)43-40-37-34-31-21-18-15-12-9-6-3/h24-26,29,35,38,47-49,53-54H,4-23,27-28,30-34,36-37,39-46H2,1-3H3,(H,52,55)/b25-24+,29-26-,38-35+. The Labute approximate surface area is 353 Å². The van der Waals surface area contributed by atoms with E-state index in [1.807, 2.05) is 6.08 Å². The zero-order valence-electron chi connectivity index (χ0n) is 38.0. The van der Waals surface area contributed by atoms with Crippen molar-refractivity contribution in [1.82, 2.24) is 5.32 Å². The first kappa shape index (κ1) is 55.1. The number of hydrogen-bond acceptors (Lipinski definition) is 5. The number of aliphatic hydroxyl groups is 2. The van der Waals surface area contributed by atoms with Crippen molar-refractivity contribution in [2.24, 2.45) is 0 Å². The minimum Gasteiger partial charge on any atom is -0.462 e. The van der Waals surface area contributed by atoms with Gasteiger partial charge in [0, 0.05) is 6.42 Å². The van der Waals surface area contributed by atoms with Crippen LogP contribution in [0.5, 0.6) is 0 Å². The van der Waals surface area contributed by atoms with Crippen LogP contribution in [0, 0.1) is 0 Å². The molecule has 0 rings (SSSR count). The third-order valence-corrected chi connectivity index (χ3v) is 11.2. The van der Waals surface area contributed by atoms with Gasteiger partial charge in [0.15, 0.2) is 0 Å². The van der Waals surface area contributed by atoms with Crippen molar-refractivity contribution in [3.63, 3.8) is 0 Å². The van der Waals surface area contributed by atoms with Crippen LogP contribution >= 0.6 is 0 Å². The maximum atomic E-state index is 13.1. The Morgan fingerprint density at radius 3 is 1.35 bits per heavy atom. The fourth-order valence-corrected chi connectivity index (χ4v) is 7.42. The maximum Gasteiger partial charge on any atom is 0.306 e. The van der Waals surface area contributed by atoms with E-state index in [0.717, 1.165) is 57.8 Å². The lowest BCUT2D eigenvalue weighted by Crippen LogP contribution is -2.46. The third-order valence-electron chi connectivity index (χ3n) is 11.2. The van der Waals surface area contributed by atoms with E-state index in [4.69, 9.17) is 4.74 Å². The number of carbonyl (C=O) groups is 2. The first-order chi connectivity index (χ1) is 28.0. The van der Waals surface area contributed by atoms with E-state index in [-0.39, 0.29) is 24.9 Å². The van der Waals surface area contributed by atoms with Crippen molar-refractivity contribution in [2.75, 3.05) is 6.61 Å². The van der Waals surface area contributed by atoms with Crippen LogP contribution in [0.4, 0.5) is 0 Å². The number of unbranched alkanes of at least 4 members (excludes halogenated alkanes) is 26. The van der Waals surface area contributed by atoms with E-state index in [0.29, 0.717) is 25.7 Å². The van der Waals surface area contributed by atoms with Gasteiger partial charge >= 0.3 is 5.97 Å². The van der Waals surface area contributed by atoms with E-state index in [2.05, 4.69) is 56.5 Å². The maximum absolute atomic E-state index is 13.1. The summed E-state index contributed by atoms with van der Waals surface area (Å²) in [5.41, 5.74) is 0. The van der Waals surface area contributed by atoms with Crippen molar-refractivity contribution in [1.29, 1.82) is 0 Å². The number of esters is 1. The molecule has 0 aliphatic rings. The Morgan fingerprint density at radius 1 is 0.509 bits per heavy atom. The summed E-state index contributed by atoms with van der Waals surface area (Å²) in [4.78, 5) is 26.0. The summed E-state index contributed by atoms with van der Waals surface area (Å²) in [5.74, 6) is -0.558. The number of hydrogen-bond donors (Lipinski definition) is 3. The second-order valence-corrected chi connectivity index (χ2v) is 16.9. The monoisotopic (exact) mass is 802 g/mol. The lowest BCUT2D eigenvalue weighted by Gasteiger charge is -2.24. The summed E-state index contributed by atoms with van der Waals surface area (Å²) >= 11 is 0. The molecule has 3 unspecified atom stereocenters. The highest BCUT2D eigenvalue weighted by atomic mass is 16.5. The zero-order chi connectivity index (χ0) is 41.7. The predicted molar refractivity (Wildman–Crippen MR) is 246 cm³/mol. The average Bonchev–Trinajstić information content (AvgIpc) is 3.20. The third kappa shape index (κ3) is 40.6. The van der Waals surface area contributed by atoms with Crippen molar-refractivity contribution in [2.45, 2.75) is 270 Å². The largest absolute Gasteiger partial charge is 0.462 e.